The Morgan fingerprint density at radius 1 is 1.18 bits per heavy atom. The van der Waals surface area contributed by atoms with Gasteiger partial charge in [-0.25, -0.2) is 13.4 Å². The van der Waals surface area contributed by atoms with Crippen molar-refractivity contribution in [1.29, 1.82) is 0 Å². The highest BCUT2D eigenvalue weighted by Gasteiger charge is 2.29. The van der Waals surface area contributed by atoms with Crippen molar-refractivity contribution in [3.8, 4) is 0 Å². The summed E-state index contributed by atoms with van der Waals surface area (Å²) in [6, 6.07) is 6.49. The number of aromatic nitrogens is 1. The van der Waals surface area contributed by atoms with Crippen LogP contribution in [0.5, 0.6) is 0 Å². The van der Waals surface area contributed by atoms with Crippen molar-refractivity contribution in [3.05, 3.63) is 45.9 Å². The van der Waals surface area contributed by atoms with E-state index < -0.39 is 10.0 Å². The summed E-state index contributed by atoms with van der Waals surface area (Å²) in [5.41, 5.74) is 1.27. The van der Waals surface area contributed by atoms with Crippen LogP contribution < -0.4 is 5.32 Å². The summed E-state index contributed by atoms with van der Waals surface area (Å²) in [6.07, 6.45) is 5.44. The molecule has 1 aliphatic heterocycles. The molecule has 0 atom stereocenters. The fourth-order valence-corrected chi connectivity index (χ4v) is 5.86. The Balaban J connectivity index is 1.58. The predicted molar refractivity (Wildman–Crippen MR) is 111 cm³/mol. The van der Waals surface area contributed by atoms with Crippen LogP contribution in [0, 0.1) is 6.92 Å². The van der Waals surface area contributed by atoms with Crippen LogP contribution in [0.1, 0.15) is 53.2 Å². The number of sulfonamides is 1. The molecule has 3 rings (SSSR count). The SMILES string of the molecule is Cc1csc(CCCCNC(=O)c2ccccc2S(=O)(=O)N2CCCCC2)n1. The molecule has 2 heterocycles. The zero-order valence-corrected chi connectivity index (χ0v) is 17.8. The monoisotopic (exact) mass is 421 g/mol. The van der Waals surface area contributed by atoms with E-state index in [0.29, 0.717) is 19.6 Å². The van der Waals surface area contributed by atoms with Gasteiger partial charge in [-0.05, 0) is 51.2 Å². The van der Waals surface area contributed by atoms with Crippen LogP contribution in [-0.2, 0) is 16.4 Å². The van der Waals surface area contributed by atoms with E-state index in [0.717, 1.165) is 49.2 Å². The quantitative estimate of drug-likeness (QED) is 0.663. The first-order valence-electron chi connectivity index (χ1n) is 9.77. The number of nitrogens with zero attached hydrogens (tertiary/aromatic N) is 2. The lowest BCUT2D eigenvalue weighted by Gasteiger charge is -2.26. The molecule has 1 aromatic heterocycles. The molecule has 0 saturated carbocycles. The minimum atomic E-state index is -3.64. The van der Waals surface area contributed by atoms with Crippen molar-refractivity contribution in [3.63, 3.8) is 0 Å². The van der Waals surface area contributed by atoms with E-state index in [2.05, 4.69) is 10.3 Å². The Morgan fingerprint density at radius 2 is 1.93 bits per heavy atom. The van der Waals surface area contributed by atoms with E-state index in [4.69, 9.17) is 0 Å². The molecule has 0 unspecified atom stereocenters. The van der Waals surface area contributed by atoms with Crippen molar-refractivity contribution < 1.29 is 13.2 Å². The van der Waals surface area contributed by atoms with Crippen molar-refractivity contribution in [2.24, 2.45) is 0 Å². The van der Waals surface area contributed by atoms with Gasteiger partial charge in [0.25, 0.3) is 5.91 Å². The third-order valence-electron chi connectivity index (χ3n) is 4.83. The second-order valence-electron chi connectivity index (χ2n) is 7.06. The summed E-state index contributed by atoms with van der Waals surface area (Å²) in [7, 11) is -3.64. The smallest absolute Gasteiger partial charge is 0.252 e. The van der Waals surface area contributed by atoms with Crippen LogP contribution >= 0.6 is 11.3 Å². The Bertz CT molecular complexity index is 903. The Morgan fingerprint density at radius 3 is 2.64 bits per heavy atom. The molecule has 0 aliphatic carbocycles. The van der Waals surface area contributed by atoms with Crippen molar-refractivity contribution in [2.75, 3.05) is 19.6 Å². The lowest BCUT2D eigenvalue weighted by molar-refractivity contribution is 0.0949. The third kappa shape index (κ3) is 5.18. The van der Waals surface area contributed by atoms with E-state index in [9.17, 15) is 13.2 Å². The van der Waals surface area contributed by atoms with Gasteiger partial charge in [0.15, 0.2) is 0 Å². The fourth-order valence-electron chi connectivity index (χ4n) is 3.34. The maximum Gasteiger partial charge on any atom is 0.252 e. The average Bonchev–Trinajstić information content (AvgIpc) is 3.13. The number of hydrogen-bond donors (Lipinski definition) is 1. The first kappa shape index (κ1) is 21.0. The number of carbonyl (C=O) groups is 1. The summed E-state index contributed by atoms with van der Waals surface area (Å²) >= 11 is 1.66. The van der Waals surface area contributed by atoms with Crippen LogP contribution in [0.25, 0.3) is 0 Å². The van der Waals surface area contributed by atoms with Gasteiger partial charge >= 0.3 is 0 Å². The molecule has 6 nitrogen and oxygen atoms in total. The maximum atomic E-state index is 13.0. The van der Waals surface area contributed by atoms with Crippen LogP contribution in [0.2, 0.25) is 0 Å². The maximum absolute atomic E-state index is 13.0. The van der Waals surface area contributed by atoms with Crippen molar-refractivity contribution >= 4 is 27.3 Å². The number of piperidine rings is 1. The highest BCUT2D eigenvalue weighted by atomic mass is 32.2. The molecular weight excluding hydrogens is 394 g/mol. The number of aryl methyl sites for hydroxylation is 2. The molecule has 1 fully saturated rings. The van der Waals surface area contributed by atoms with Gasteiger partial charge in [0.1, 0.15) is 0 Å². The largest absolute Gasteiger partial charge is 0.352 e. The lowest BCUT2D eigenvalue weighted by atomic mass is 10.2. The molecule has 0 spiro atoms. The van der Waals surface area contributed by atoms with Crippen molar-refractivity contribution in [1.82, 2.24) is 14.6 Å². The molecule has 1 saturated heterocycles. The molecular formula is C20H27N3O3S2. The number of carbonyl (C=O) groups excluding carboxylic acids is 1. The second kappa shape index (κ2) is 9.62. The van der Waals surface area contributed by atoms with Gasteiger partial charge in [-0.1, -0.05) is 18.6 Å². The van der Waals surface area contributed by atoms with Crippen LogP contribution in [0.15, 0.2) is 34.5 Å². The van der Waals surface area contributed by atoms with E-state index in [-0.39, 0.29) is 16.4 Å². The standard InChI is InChI=1S/C20H27N3O3S2/c1-16-15-27-19(22-16)11-5-6-12-21-20(24)17-9-3-4-10-18(17)28(25,26)23-13-7-2-8-14-23/h3-4,9-10,15H,2,5-8,11-14H2,1H3,(H,21,24). The van der Waals surface area contributed by atoms with Gasteiger partial charge in [0, 0.05) is 30.7 Å². The summed E-state index contributed by atoms with van der Waals surface area (Å²) in [6.45, 7) is 3.54. The normalized spacial score (nSPS) is 15.5. The van der Waals surface area contributed by atoms with Crippen LogP contribution in [-0.4, -0.2) is 43.2 Å². The number of rotatable bonds is 8. The minimum Gasteiger partial charge on any atom is -0.352 e. The summed E-state index contributed by atoms with van der Waals surface area (Å²) in [4.78, 5) is 17.2. The number of nitrogens with one attached hydrogen (secondary N) is 1. The Labute approximate surface area is 171 Å². The molecule has 2 aromatic rings. The summed E-state index contributed by atoms with van der Waals surface area (Å²) < 4.78 is 27.5. The van der Waals surface area contributed by atoms with Gasteiger partial charge < -0.3 is 5.32 Å². The average molecular weight is 422 g/mol. The minimum absolute atomic E-state index is 0.104. The first-order chi connectivity index (χ1) is 13.5. The third-order valence-corrected chi connectivity index (χ3v) is 7.82. The number of unbranched alkanes of at least 4 members (excludes halogenated alkanes) is 1. The van der Waals surface area contributed by atoms with Gasteiger partial charge in [-0.15, -0.1) is 11.3 Å². The molecule has 152 valence electrons. The molecule has 28 heavy (non-hydrogen) atoms. The van der Waals surface area contributed by atoms with E-state index in [1.807, 2.05) is 12.3 Å². The summed E-state index contributed by atoms with van der Waals surface area (Å²) in [5.74, 6) is -0.332. The Hall–Kier alpha value is -1.77. The highest BCUT2D eigenvalue weighted by Crippen LogP contribution is 2.23. The first-order valence-corrected chi connectivity index (χ1v) is 12.1. The highest BCUT2D eigenvalue weighted by molar-refractivity contribution is 7.89. The molecule has 1 aliphatic rings. The number of amides is 1. The van der Waals surface area contributed by atoms with E-state index in [1.165, 1.54) is 10.4 Å². The molecule has 0 bridgehead atoms. The lowest BCUT2D eigenvalue weighted by Crippen LogP contribution is -2.37. The second-order valence-corrected chi connectivity index (χ2v) is 9.91. The molecule has 0 radical (unpaired) electrons. The molecule has 1 N–H and O–H groups in total. The summed E-state index contributed by atoms with van der Waals surface area (Å²) in [5, 5.41) is 6.02. The fraction of sp³-hybridized carbons (Fsp3) is 0.500. The number of hydrogen-bond acceptors (Lipinski definition) is 5. The molecule has 1 aromatic carbocycles. The van der Waals surface area contributed by atoms with E-state index >= 15 is 0 Å². The van der Waals surface area contributed by atoms with Crippen LogP contribution in [0.3, 0.4) is 0 Å². The van der Waals surface area contributed by atoms with Crippen LogP contribution in [0.4, 0.5) is 0 Å². The zero-order chi connectivity index (χ0) is 20.0. The number of benzene rings is 1. The van der Waals surface area contributed by atoms with Gasteiger partial charge in [0.2, 0.25) is 10.0 Å². The van der Waals surface area contributed by atoms with Gasteiger partial charge in [-0.2, -0.15) is 4.31 Å². The number of thiazole rings is 1. The molecule has 8 heteroatoms. The predicted octanol–water partition coefficient (Wildman–Crippen LogP) is 3.38. The van der Waals surface area contributed by atoms with Crippen molar-refractivity contribution in [2.45, 2.75) is 50.3 Å². The van der Waals surface area contributed by atoms with E-state index in [1.54, 1.807) is 29.5 Å². The topological polar surface area (TPSA) is 79.4 Å². The Kier molecular flexibility index (Phi) is 7.20. The molecule has 1 amide bonds. The zero-order valence-electron chi connectivity index (χ0n) is 16.2. The van der Waals surface area contributed by atoms with Gasteiger partial charge in [0.05, 0.1) is 15.5 Å². The van der Waals surface area contributed by atoms with Gasteiger partial charge in [-0.3, -0.25) is 4.79 Å².